The Morgan fingerprint density at radius 1 is 1.00 bits per heavy atom. The highest BCUT2D eigenvalue weighted by Gasteiger charge is 2.14. The minimum absolute atomic E-state index is 0.621. The van der Waals surface area contributed by atoms with Crippen molar-refractivity contribution in [2.45, 2.75) is 65.3 Å². The van der Waals surface area contributed by atoms with Crippen LogP contribution in [0.1, 0.15) is 56.7 Å². The van der Waals surface area contributed by atoms with E-state index in [2.05, 4.69) is 42.5 Å². The van der Waals surface area contributed by atoms with Gasteiger partial charge in [0.1, 0.15) is 11.6 Å². The molecule has 1 aromatic carbocycles. The summed E-state index contributed by atoms with van der Waals surface area (Å²) >= 11 is 0. The van der Waals surface area contributed by atoms with Crippen molar-refractivity contribution in [3.8, 4) is 11.5 Å². The Hall–Kier alpha value is -2.77. The molecule has 3 rings (SSSR count). The van der Waals surface area contributed by atoms with Crippen molar-refractivity contribution in [2.24, 2.45) is 4.99 Å². The van der Waals surface area contributed by atoms with Gasteiger partial charge >= 0.3 is 0 Å². The summed E-state index contributed by atoms with van der Waals surface area (Å²) in [6.07, 6.45) is 7.61. The lowest BCUT2D eigenvalue weighted by molar-refractivity contribution is 0.287. The maximum Gasteiger partial charge on any atom is 0.190 e. The van der Waals surface area contributed by atoms with Crippen LogP contribution >= 0.6 is 0 Å². The molecule has 0 radical (unpaired) electrons. The summed E-state index contributed by atoms with van der Waals surface area (Å²) in [5.74, 6) is 4.70. The van der Waals surface area contributed by atoms with E-state index in [1.165, 1.54) is 24.8 Å². The summed E-state index contributed by atoms with van der Waals surface area (Å²) in [6.45, 7) is 7.91. The molecule has 2 heterocycles. The minimum Gasteiger partial charge on any atom is -0.490 e. The fourth-order valence-corrected chi connectivity index (χ4v) is 3.98. The van der Waals surface area contributed by atoms with E-state index in [-0.39, 0.29) is 0 Å². The highest BCUT2D eigenvalue weighted by Crippen LogP contribution is 2.28. The molecule has 0 saturated carbocycles. The summed E-state index contributed by atoms with van der Waals surface area (Å²) in [5, 5.41) is 15.6. The van der Waals surface area contributed by atoms with E-state index in [0.717, 1.165) is 74.4 Å². The van der Waals surface area contributed by atoms with E-state index in [1.54, 1.807) is 7.05 Å². The van der Waals surface area contributed by atoms with Gasteiger partial charge in [-0.2, -0.15) is 0 Å². The third kappa shape index (κ3) is 6.87. The first kappa shape index (κ1) is 23.9. The number of nitrogens with zero attached hydrogens (tertiary/aromatic N) is 4. The van der Waals surface area contributed by atoms with Gasteiger partial charge in [-0.25, -0.2) is 0 Å². The Balaban J connectivity index is 1.40. The van der Waals surface area contributed by atoms with Crippen LogP contribution in [0.25, 0.3) is 0 Å². The first-order valence-electron chi connectivity index (χ1n) is 12.0. The standard InChI is InChI=1S/C24H38N6O2/c1-4-31-20-13-12-19(18-21(20)32-5-2)14-16-27-24(25-3)26-15-9-11-23-29-28-22-10-7-6-8-17-30(22)23/h12-13,18H,4-11,14-17H2,1-3H3,(H2,25,26,27). The number of fused-ring (bicyclic) bond motifs is 1. The van der Waals surface area contributed by atoms with Crippen LogP contribution in [0.3, 0.4) is 0 Å². The molecule has 32 heavy (non-hydrogen) atoms. The predicted molar refractivity (Wildman–Crippen MR) is 128 cm³/mol. The molecule has 0 saturated heterocycles. The zero-order valence-corrected chi connectivity index (χ0v) is 19.8. The van der Waals surface area contributed by atoms with Crippen molar-refractivity contribution < 1.29 is 9.47 Å². The summed E-state index contributed by atoms with van der Waals surface area (Å²) < 4.78 is 13.7. The van der Waals surface area contributed by atoms with Gasteiger partial charge in [0, 0.05) is 39.5 Å². The Morgan fingerprint density at radius 2 is 1.81 bits per heavy atom. The number of aromatic nitrogens is 3. The van der Waals surface area contributed by atoms with Crippen LogP contribution in [-0.4, -0.2) is 54.1 Å². The minimum atomic E-state index is 0.621. The third-order valence-corrected chi connectivity index (χ3v) is 5.59. The molecule has 0 unspecified atom stereocenters. The van der Waals surface area contributed by atoms with Gasteiger partial charge < -0.3 is 24.7 Å². The molecular formula is C24H38N6O2. The van der Waals surface area contributed by atoms with Crippen LogP contribution in [0.2, 0.25) is 0 Å². The largest absolute Gasteiger partial charge is 0.490 e. The number of aliphatic imine (C=N–C) groups is 1. The Labute approximate surface area is 191 Å². The van der Waals surface area contributed by atoms with Gasteiger partial charge in [-0.3, -0.25) is 4.99 Å². The normalized spacial score (nSPS) is 13.9. The molecule has 8 heteroatoms. The van der Waals surface area contributed by atoms with Crippen molar-refractivity contribution in [2.75, 3.05) is 33.4 Å². The van der Waals surface area contributed by atoms with E-state index in [4.69, 9.17) is 9.47 Å². The molecule has 1 aliphatic rings. The number of nitrogens with one attached hydrogen (secondary N) is 2. The molecule has 176 valence electrons. The molecule has 8 nitrogen and oxygen atoms in total. The van der Waals surface area contributed by atoms with Crippen molar-refractivity contribution in [3.05, 3.63) is 35.4 Å². The summed E-state index contributed by atoms with van der Waals surface area (Å²) in [7, 11) is 1.80. The number of guanidine groups is 1. The molecule has 2 N–H and O–H groups in total. The lowest BCUT2D eigenvalue weighted by atomic mass is 10.1. The average Bonchev–Trinajstić information content (AvgIpc) is 3.03. The highest BCUT2D eigenvalue weighted by molar-refractivity contribution is 5.79. The molecule has 0 atom stereocenters. The molecule has 1 aliphatic heterocycles. The summed E-state index contributed by atoms with van der Waals surface area (Å²) in [4.78, 5) is 4.34. The molecule has 0 aliphatic carbocycles. The first-order chi connectivity index (χ1) is 15.7. The number of benzene rings is 1. The van der Waals surface area contributed by atoms with Gasteiger partial charge in [-0.1, -0.05) is 12.5 Å². The summed E-state index contributed by atoms with van der Waals surface area (Å²) in [5.41, 5.74) is 1.20. The highest BCUT2D eigenvalue weighted by atomic mass is 16.5. The average molecular weight is 443 g/mol. The van der Waals surface area contributed by atoms with Crippen LogP contribution in [-0.2, 0) is 25.8 Å². The van der Waals surface area contributed by atoms with Crippen LogP contribution in [0.4, 0.5) is 0 Å². The second-order valence-corrected chi connectivity index (χ2v) is 7.92. The van der Waals surface area contributed by atoms with Gasteiger partial charge in [0.15, 0.2) is 17.5 Å². The van der Waals surface area contributed by atoms with Gasteiger partial charge in [0.25, 0.3) is 0 Å². The third-order valence-electron chi connectivity index (χ3n) is 5.59. The number of aryl methyl sites for hydroxylation is 2. The fraction of sp³-hybridized carbons (Fsp3) is 0.625. The maximum atomic E-state index is 5.72. The van der Waals surface area contributed by atoms with Gasteiger partial charge in [0.05, 0.1) is 13.2 Å². The number of hydrogen-bond donors (Lipinski definition) is 2. The van der Waals surface area contributed by atoms with Crippen LogP contribution < -0.4 is 20.1 Å². The van der Waals surface area contributed by atoms with Crippen molar-refractivity contribution in [1.29, 1.82) is 0 Å². The first-order valence-corrected chi connectivity index (χ1v) is 12.0. The van der Waals surface area contributed by atoms with Crippen molar-refractivity contribution >= 4 is 5.96 Å². The van der Waals surface area contributed by atoms with Gasteiger partial charge in [-0.05, 0) is 57.2 Å². The second kappa shape index (κ2) is 12.9. The van der Waals surface area contributed by atoms with Gasteiger partial charge in [0.2, 0.25) is 0 Å². The van der Waals surface area contributed by atoms with E-state index >= 15 is 0 Å². The van der Waals surface area contributed by atoms with E-state index in [1.807, 2.05) is 19.9 Å². The van der Waals surface area contributed by atoms with Crippen LogP contribution in [0, 0.1) is 0 Å². The Morgan fingerprint density at radius 3 is 2.62 bits per heavy atom. The molecule has 2 aromatic rings. The molecule has 0 bridgehead atoms. The van der Waals surface area contributed by atoms with Crippen LogP contribution in [0.5, 0.6) is 11.5 Å². The molecule has 0 fully saturated rings. The quantitative estimate of drug-likeness (QED) is 0.316. The van der Waals surface area contributed by atoms with E-state index in [9.17, 15) is 0 Å². The van der Waals surface area contributed by atoms with E-state index < -0.39 is 0 Å². The Kier molecular flexibility index (Phi) is 9.65. The SMILES string of the molecule is CCOc1ccc(CCNC(=NC)NCCCc2nnc3n2CCCCC3)cc1OCC. The number of rotatable bonds is 11. The predicted octanol–water partition coefficient (Wildman–Crippen LogP) is 3.14. The molecule has 0 amide bonds. The zero-order chi connectivity index (χ0) is 22.6. The smallest absolute Gasteiger partial charge is 0.190 e. The number of hydrogen-bond acceptors (Lipinski definition) is 5. The van der Waals surface area contributed by atoms with Crippen molar-refractivity contribution in [1.82, 2.24) is 25.4 Å². The van der Waals surface area contributed by atoms with Crippen LogP contribution in [0.15, 0.2) is 23.2 Å². The number of ether oxygens (including phenoxy) is 2. The van der Waals surface area contributed by atoms with Crippen molar-refractivity contribution in [3.63, 3.8) is 0 Å². The Bertz CT molecular complexity index is 864. The second-order valence-electron chi connectivity index (χ2n) is 7.92. The monoisotopic (exact) mass is 442 g/mol. The lowest BCUT2D eigenvalue weighted by Crippen LogP contribution is -2.38. The maximum absolute atomic E-state index is 5.72. The molecular weight excluding hydrogens is 404 g/mol. The lowest BCUT2D eigenvalue weighted by Gasteiger charge is -2.14. The fourth-order valence-electron chi connectivity index (χ4n) is 3.98. The van der Waals surface area contributed by atoms with E-state index in [0.29, 0.717) is 13.2 Å². The summed E-state index contributed by atoms with van der Waals surface area (Å²) in [6, 6.07) is 6.14. The van der Waals surface area contributed by atoms with Gasteiger partial charge in [-0.15, -0.1) is 10.2 Å². The topological polar surface area (TPSA) is 85.6 Å². The molecule has 1 aromatic heterocycles. The molecule has 0 spiro atoms. The zero-order valence-electron chi connectivity index (χ0n) is 19.8.